The molecule has 0 fully saturated rings. The van der Waals surface area contributed by atoms with Crippen molar-refractivity contribution in [2.75, 3.05) is 31.6 Å². The van der Waals surface area contributed by atoms with E-state index in [9.17, 15) is 0 Å². The molecule has 1 unspecified atom stereocenters. The average Bonchev–Trinajstić information content (AvgIpc) is 2.35. The molecule has 1 heterocycles. The van der Waals surface area contributed by atoms with Gasteiger partial charge >= 0.3 is 0 Å². The van der Waals surface area contributed by atoms with Gasteiger partial charge in [-0.25, -0.2) is 4.98 Å². The molecule has 16 heavy (non-hydrogen) atoms. The van der Waals surface area contributed by atoms with Crippen molar-refractivity contribution in [2.24, 2.45) is 0 Å². The van der Waals surface area contributed by atoms with Gasteiger partial charge in [0.2, 0.25) is 0 Å². The molecule has 1 aromatic rings. The van der Waals surface area contributed by atoms with Gasteiger partial charge in [0, 0.05) is 25.3 Å². The quantitative estimate of drug-likeness (QED) is 0.760. The Kier molecular flexibility index (Phi) is 5.22. The van der Waals surface area contributed by atoms with Crippen LogP contribution >= 0.6 is 0 Å². The molecule has 0 radical (unpaired) electrons. The van der Waals surface area contributed by atoms with Gasteiger partial charge in [0.15, 0.2) is 0 Å². The summed E-state index contributed by atoms with van der Waals surface area (Å²) in [6, 6.07) is 4.40. The zero-order valence-electron chi connectivity index (χ0n) is 10.3. The van der Waals surface area contributed by atoms with Crippen LogP contribution in [0, 0.1) is 0 Å². The minimum atomic E-state index is 0.154. The number of hydrogen-bond acceptors (Lipinski definition) is 4. The molecule has 0 saturated carbocycles. The second-order valence-electron chi connectivity index (χ2n) is 3.76. The molecule has 90 valence electrons. The molecule has 0 amide bonds. The number of hydrogen-bond donors (Lipinski definition) is 2. The molecule has 0 spiro atoms. The molecule has 1 rings (SSSR count). The maximum atomic E-state index is 8.97. The minimum absolute atomic E-state index is 0.154. The molecule has 0 bridgehead atoms. The van der Waals surface area contributed by atoms with Crippen LogP contribution in [0.25, 0.3) is 0 Å². The van der Waals surface area contributed by atoms with Gasteiger partial charge in [-0.05, 0) is 38.6 Å². The maximum absolute atomic E-state index is 8.97. The second kappa shape index (κ2) is 6.45. The fourth-order valence-corrected chi connectivity index (χ4v) is 1.60. The van der Waals surface area contributed by atoms with Gasteiger partial charge in [-0.3, -0.25) is 0 Å². The molecule has 0 aliphatic carbocycles. The van der Waals surface area contributed by atoms with Crippen LogP contribution in [0.15, 0.2) is 18.3 Å². The Balaban J connectivity index is 2.87. The predicted octanol–water partition coefficient (Wildman–Crippen LogP) is 1.18. The Bertz CT molecular complexity index is 317. The molecule has 4 nitrogen and oxygen atoms in total. The smallest absolute Gasteiger partial charge is 0.128 e. The van der Waals surface area contributed by atoms with Crippen molar-refractivity contribution < 1.29 is 5.11 Å². The Morgan fingerprint density at radius 3 is 2.88 bits per heavy atom. The number of pyridine rings is 1. The van der Waals surface area contributed by atoms with E-state index in [1.54, 1.807) is 0 Å². The number of nitrogens with one attached hydrogen (secondary N) is 1. The zero-order valence-corrected chi connectivity index (χ0v) is 10.3. The molecule has 0 aliphatic heterocycles. The first-order chi connectivity index (χ1) is 7.72. The van der Waals surface area contributed by atoms with Crippen LogP contribution in [0.4, 0.5) is 5.82 Å². The third-order valence-corrected chi connectivity index (χ3v) is 2.78. The van der Waals surface area contributed by atoms with Crippen LogP contribution in [0.3, 0.4) is 0 Å². The first-order valence-electron chi connectivity index (χ1n) is 5.72. The highest BCUT2D eigenvalue weighted by atomic mass is 16.3. The predicted molar refractivity (Wildman–Crippen MR) is 66.7 cm³/mol. The molecule has 0 aliphatic rings. The van der Waals surface area contributed by atoms with Crippen molar-refractivity contribution in [3.8, 4) is 0 Å². The summed E-state index contributed by atoms with van der Waals surface area (Å²) in [5, 5.41) is 12.2. The van der Waals surface area contributed by atoms with E-state index < -0.39 is 0 Å². The number of anilines is 1. The van der Waals surface area contributed by atoms with Crippen LogP contribution in [0.2, 0.25) is 0 Å². The van der Waals surface area contributed by atoms with Crippen LogP contribution < -0.4 is 10.2 Å². The van der Waals surface area contributed by atoms with Crippen LogP contribution in [0.1, 0.15) is 25.5 Å². The number of aliphatic hydroxyl groups excluding tert-OH is 1. The van der Waals surface area contributed by atoms with Crippen LogP contribution in [0.5, 0.6) is 0 Å². The molecule has 1 aromatic heterocycles. The van der Waals surface area contributed by atoms with E-state index in [-0.39, 0.29) is 6.61 Å². The van der Waals surface area contributed by atoms with E-state index in [1.165, 1.54) is 5.56 Å². The molecule has 4 heteroatoms. The summed E-state index contributed by atoms with van der Waals surface area (Å²) in [5.74, 6) is 0.927. The van der Waals surface area contributed by atoms with Crippen molar-refractivity contribution in [1.82, 2.24) is 10.3 Å². The fourth-order valence-electron chi connectivity index (χ4n) is 1.60. The lowest BCUT2D eigenvalue weighted by molar-refractivity contribution is 0.302. The lowest BCUT2D eigenvalue weighted by Crippen LogP contribution is -2.27. The Morgan fingerprint density at radius 2 is 2.31 bits per heavy atom. The molecular formula is C12H21N3O. The number of aromatic nitrogens is 1. The number of nitrogens with zero attached hydrogens (tertiary/aromatic N) is 2. The van der Waals surface area contributed by atoms with E-state index in [0.717, 1.165) is 12.4 Å². The van der Waals surface area contributed by atoms with Crippen LogP contribution in [-0.4, -0.2) is 36.8 Å². The molecule has 0 saturated heterocycles. The first-order valence-corrected chi connectivity index (χ1v) is 5.72. The summed E-state index contributed by atoms with van der Waals surface area (Å²) in [4.78, 5) is 6.39. The van der Waals surface area contributed by atoms with Gasteiger partial charge in [-0.1, -0.05) is 0 Å². The first kappa shape index (κ1) is 12.9. The van der Waals surface area contributed by atoms with Crippen molar-refractivity contribution in [1.29, 1.82) is 0 Å². The standard InChI is InChI=1S/C12H21N3O/c1-4-15(7-8-16)12-9-11(5-6-14-12)10(2)13-3/h5-6,9-10,13,16H,4,7-8H2,1-3H3. The third-order valence-electron chi connectivity index (χ3n) is 2.78. The summed E-state index contributed by atoms with van der Waals surface area (Å²) in [6.07, 6.45) is 1.82. The van der Waals surface area contributed by atoms with Gasteiger partial charge in [-0.2, -0.15) is 0 Å². The van der Waals surface area contributed by atoms with Crippen molar-refractivity contribution in [3.05, 3.63) is 23.9 Å². The maximum Gasteiger partial charge on any atom is 0.128 e. The van der Waals surface area contributed by atoms with Crippen molar-refractivity contribution >= 4 is 5.82 Å². The van der Waals surface area contributed by atoms with E-state index in [1.807, 2.05) is 19.3 Å². The van der Waals surface area contributed by atoms with E-state index in [4.69, 9.17) is 5.11 Å². The average molecular weight is 223 g/mol. The van der Waals surface area contributed by atoms with E-state index in [0.29, 0.717) is 12.6 Å². The van der Waals surface area contributed by atoms with Gasteiger partial charge in [0.25, 0.3) is 0 Å². The highest BCUT2D eigenvalue weighted by Gasteiger charge is 2.08. The highest BCUT2D eigenvalue weighted by molar-refractivity contribution is 5.41. The van der Waals surface area contributed by atoms with Gasteiger partial charge < -0.3 is 15.3 Å². The number of likely N-dealkylation sites (N-methyl/N-ethyl adjacent to an activating group) is 1. The molecule has 2 N–H and O–H groups in total. The summed E-state index contributed by atoms with van der Waals surface area (Å²) < 4.78 is 0. The Hall–Kier alpha value is -1.13. The topological polar surface area (TPSA) is 48.4 Å². The SMILES string of the molecule is CCN(CCO)c1cc(C(C)NC)ccn1. The molecular weight excluding hydrogens is 202 g/mol. The fraction of sp³-hybridized carbons (Fsp3) is 0.583. The Labute approximate surface area is 97.3 Å². The van der Waals surface area contributed by atoms with Crippen molar-refractivity contribution in [2.45, 2.75) is 19.9 Å². The van der Waals surface area contributed by atoms with E-state index >= 15 is 0 Å². The lowest BCUT2D eigenvalue weighted by Gasteiger charge is -2.22. The van der Waals surface area contributed by atoms with Gasteiger partial charge in [0.05, 0.1) is 6.61 Å². The number of aliphatic hydroxyl groups is 1. The lowest BCUT2D eigenvalue weighted by atomic mass is 10.1. The summed E-state index contributed by atoms with van der Waals surface area (Å²) >= 11 is 0. The van der Waals surface area contributed by atoms with E-state index in [2.05, 4.69) is 35.1 Å². The monoisotopic (exact) mass is 223 g/mol. The summed E-state index contributed by atoms with van der Waals surface area (Å²) in [5.41, 5.74) is 1.21. The summed E-state index contributed by atoms with van der Waals surface area (Å²) in [6.45, 7) is 5.81. The molecule has 0 aromatic carbocycles. The minimum Gasteiger partial charge on any atom is -0.395 e. The molecule has 1 atom stereocenters. The Morgan fingerprint density at radius 1 is 1.56 bits per heavy atom. The summed E-state index contributed by atoms with van der Waals surface area (Å²) in [7, 11) is 1.94. The second-order valence-corrected chi connectivity index (χ2v) is 3.76. The van der Waals surface area contributed by atoms with Crippen LogP contribution in [-0.2, 0) is 0 Å². The third kappa shape index (κ3) is 3.18. The largest absolute Gasteiger partial charge is 0.395 e. The van der Waals surface area contributed by atoms with Gasteiger partial charge in [-0.15, -0.1) is 0 Å². The zero-order chi connectivity index (χ0) is 12.0. The normalized spacial score (nSPS) is 12.5. The highest BCUT2D eigenvalue weighted by Crippen LogP contribution is 2.17. The van der Waals surface area contributed by atoms with Crippen molar-refractivity contribution in [3.63, 3.8) is 0 Å². The van der Waals surface area contributed by atoms with Gasteiger partial charge in [0.1, 0.15) is 5.82 Å². The number of rotatable bonds is 6.